The molecule has 6 heteroatoms. The van der Waals surface area contributed by atoms with E-state index in [-0.39, 0.29) is 5.56 Å². The summed E-state index contributed by atoms with van der Waals surface area (Å²) >= 11 is 0. The van der Waals surface area contributed by atoms with Gasteiger partial charge in [-0.3, -0.25) is 4.79 Å². The number of para-hydroxylation sites is 2. The van der Waals surface area contributed by atoms with Crippen molar-refractivity contribution in [3.63, 3.8) is 0 Å². The van der Waals surface area contributed by atoms with Gasteiger partial charge in [-0.1, -0.05) is 36.4 Å². The number of anilines is 1. The molecule has 2 heterocycles. The predicted octanol–water partition coefficient (Wildman–Crippen LogP) is 3.03. The van der Waals surface area contributed by atoms with Crippen molar-refractivity contribution in [2.75, 3.05) is 5.32 Å². The summed E-state index contributed by atoms with van der Waals surface area (Å²) in [4.78, 5) is 20.0. The van der Waals surface area contributed by atoms with Crippen molar-refractivity contribution in [2.24, 2.45) is 0 Å². The van der Waals surface area contributed by atoms with Gasteiger partial charge < -0.3 is 10.3 Å². The molecule has 25 heavy (non-hydrogen) atoms. The summed E-state index contributed by atoms with van der Waals surface area (Å²) in [5.74, 6) is 0.568. The van der Waals surface area contributed by atoms with Crippen LogP contribution in [0.4, 0.5) is 5.69 Å². The molecule has 4 rings (SSSR count). The zero-order chi connectivity index (χ0) is 17.2. The fourth-order valence-corrected chi connectivity index (χ4v) is 2.81. The lowest BCUT2D eigenvalue weighted by molar-refractivity contribution is 0.863. The van der Waals surface area contributed by atoms with E-state index in [1.54, 1.807) is 4.68 Å². The first kappa shape index (κ1) is 15.1. The van der Waals surface area contributed by atoms with E-state index >= 15 is 0 Å². The Labute approximate surface area is 144 Å². The molecule has 0 aliphatic carbocycles. The Morgan fingerprint density at radius 1 is 1.04 bits per heavy atom. The van der Waals surface area contributed by atoms with Crippen LogP contribution in [0.25, 0.3) is 16.7 Å². The van der Waals surface area contributed by atoms with Crippen LogP contribution in [-0.2, 0) is 6.54 Å². The van der Waals surface area contributed by atoms with Gasteiger partial charge in [0.05, 0.1) is 17.9 Å². The Bertz CT molecular complexity index is 1070. The summed E-state index contributed by atoms with van der Waals surface area (Å²) in [6.07, 6.45) is 0. The second-order valence-electron chi connectivity index (χ2n) is 5.76. The van der Waals surface area contributed by atoms with Crippen LogP contribution in [-0.4, -0.2) is 19.7 Å². The first-order valence-corrected chi connectivity index (χ1v) is 8.05. The predicted molar refractivity (Wildman–Crippen MR) is 98.0 cm³/mol. The van der Waals surface area contributed by atoms with Crippen LogP contribution in [0.2, 0.25) is 0 Å². The molecule has 0 amide bonds. The number of hydrogen-bond acceptors (Lipinski definition) is 4. The summed E-state index contributed by atoms with van der Waals surface area (Å²) in [5, 5.41) is 8.27. The third-order valence-corrected chi connectivity index (χ3v) is 4.00. The molecule has 2 N–H and O–H groups in total. The quantitative estimate of drug-likeness (QED) is 0.603. The zero-order valence-corrected chi connectivity index (χ0v) is 13.7. The number of aromatic nitrogens is 4. The molecule has 0 unspecified atom stereocenters. The lowest BCUT2D eigenvalue weighted by atomic mass is 10.3. The Balaban J connectivity index is 1.76. The molecule has 0 fully saturated rings. The first-order chi connectivity index (χ1) is 12.2. The molecule has 0 spiro atoms. The van der Waals surface area contributed by atoms with Crippen LogP contribution in [0.1, 0.15) is 11.5 Å². The van der Waals surface area contributed by atoms with Gasteiger partial charge in [0.1, 0.15) is 11.2 Å². The molecule has 0 saturated carbocycles. The number of hydrogen-bond donors (Lipinski definition) is 2. The molecule has 2 aromatic carbocycles. The van der Waals surface area contributed by atoms with E-state index < -0.39 is 0 Å². The van der Waals surface area contributed by atoms with Crippen molar-refractivity contribution < 1.29 is 0 Å². The third-order valence-electron chi connectivity index (χ3n) is 4.00. The number of H-pyrrole nitrogens is 1. The lowest BCUT2D eigenvalue weighted by Crippen LogP contribution is -2.15. The van der Waals surface area contributed by atoms with E-state index in [0.717, 1.165) is 11.4 Å². The molecule has 2 aromatic heterocycles. The van der Waals surface area contributed by atoms with Crippen LogP contribution < -0.4 is 10.9 Å². The van der Waals surface area contributed by atoms with Crippen molar-refractivity contribution in [3.8, 4) is 5.69 Å². The average Bonchev–Trinajstić information content (AvgIpc) is 2.99. The zero-order valence-electron chi connectivity index (χ0n) is 13.7. The van der Waals surface area contributed by atoms with Crippen LogP contribution in [0.15, 0.2) is 65.5 Å². The van der Waals surface area contributed by atoms with E-state index in [2.05, 4.69) is 20.4 Å². The first-order valence-electron chi connectivity index (χ1n) is 8.05. The summed E-state index contributed by atoms with van der Waals surface area (Å²) < 4.78 is 1.71. The maximum absolute atomic E-state index is 12.5. The fraction of sp³-hybridized carbons (Fsp3) is 0.105. The summed E-state index contributed by atoms with van der Waals surface area (Å²) in [6, 6.07) is 19.5. The second kappa shape index (κ2) is 6.24. The molecule has 0 radical (unpaired) electrons. The Hall–Kier alpha value is -3.41. The molecule has 0 aliphatic rings. The van der Waals surface area contributed by atoms with Crippen molar-refractivity contribution >= 4 is 16.7 Å². The normalized spacial score (nSPS) is 10.9. The lowest BCUT2D eigenvalue weighted by Gasteiger charge is -2.07. The van der Waals surface area contributed by atoms with E-state index in [4.69, 9.17) is 0 Å². The molecule has 4 aromatic rings. The molecule has 0 bridgehead atoms. The molecule has 0 aliphatic heterocycles. The number of aryl methyl sites for hydroxylation is 1. The van der Waals surface area contributed by atoms with Gasteiger partial charge in [-0.25, -0.2) is 9.67 Å². The van der Waals surface area contributed by atoms with E-state index in [1.165, 1.54) is 0 Å². The molecule has 0 saturated heterocycles. The topological polar surface area (TPSA) is 75.6 Å². The van der Waals surface area contributed by atoms with Gasteiger partial charge in [-0.2, -0.15) is 5.10 Å². The Kier molecular flexibility index (Phi) is 3.78. The van der Waals surface area contributed by atoms with Crippen LogP contribution in [0.3, 0.4) is 0 Å². The largest absolute Gasteiger partial charge is 0.378 e. The van der Waals surface area contributed by atoms with Gasteiger partial charge in [0, 0.05) is 5.69 Å². The molecule has 0 atom stereocenters. The highest BCUT2D eigenvalue weighted by Gasteiger charge is 2.15. The van der Waals surface area contributed by atoms with Gasteiger partial charge in [0.2, 0.25) is 0 Å². The van der Waals surface area contributed by atoms with Crippen molar-refractivity contribution in [1.29, 1.82) is 0 Å². The van der Waals surface area contributed by atoms with Crippen molar-refractivity contribution in [2.45, 2.75) is 13.5 Å². The SMILES string of the molecule is Cc1nn(-c2ccccc2)c2nc(CNc3ccccc3)[nH]c(=O)c12. The minimum Gasteiger partial charge on any atom is -0.378 e. The molecular weight excluding hydrogens is 314 g/mol. The van der Waals surface area contributed by atoms with Gasteiger partial charge in [-0.15, -0.1) is 0 Å². The highest BCUT2D eigenvalue weighted by molar-refractivity contribution is 5.78. The minimum atomic E-state index is -0.172. The van der Waals surface area contributed by atoms with E-state index in [9.17, 15) is 4.79 Å². The van der Waals surface area contributed by atoms with Crippen LogP contribution in [0, 0.1) is 6.92 Å². The maximum atomic E-state index is 12.5. The smallest absolute Gasteiger partial charge is 0.262 e. The number of aromatic amines is 1. The van der Waals surface area contributed by atoms with Crippen molar-refractivity contribution in [3.05, 3.63) is 82.5 Å². The number of fused-ring (bicyclic) bond motifs is 1. The highest BCUT2D eigenvalue weighted by Crippen LogP contribution is 2.17. The van der Waals surface area contributed by atoms with Gasteiger partial charge in [0.25, 0.3) is 5.56 Å². The number of nitrogens with zero attached hydrogens (tertiary/aromatic N) is 3. The van der Waals surface area contributed by atoms with Crippen LogP contribution >= 0.6 is 0 Å². The summed E-state index contributed by atoms with van der Waals surface area (Å²) in [5.41, 5.74) is 2.90. The van der Waals surface area contributed by atoms with Gasteiger partial charge >= 0.3 is 0 Å². The number of benzene rings is 2. The van der Waals surface area contributed by atoms with Crippen molar-refractivity contribution in [1.82, 2.24) is 19.7 Å². The Morgan fingerprint density at radius 2 is 1.72 bits per heavy atom. The van der Waals surface area contributed by atoms with Gasteiger partial charge in [0.15, 0.2) is 5.65 Å². The number of rotatable bonds is 4. The van der Waals surface area contributed by atoms with E-state index in [0.29, 0.717) is 29.1 Å². The Morgan fingerprint density at radius 3 is 2.44 bits per heavy atom. The summed E-state index contributed by atoms with van der Waals surface area (Å²) in [6.45, 7) is 2.24. The summed E-state index contributed by atoms with van der Waals surface area (Å²) in [7, 11) is 0. The van der Waals surface area contributed by atoms with E-state index in [1.807, 2.05) is 67.6 Å². The highest BCUT2D eigenvalue weighted by atomic mass is 16.1. The molecule has 124 valence electrons. The number of nitrogens with one attached hydrogen (secondary N) is 2. The molecular formula is C19H17N5O. The monoisotopic (exact) mass is 331 g/mol. The van der Waals surface area contributed by atoms with Gasteiger partial charge in [-0.05, 0) is 31.2 Å². The third kappa shape index (κ3) is 2.89. The van der Waals surface area contributed by atoms with Crippen LogP contribution in [0.5, 0.6) is 0 Å². The maximum Gasteiger partial charge on any atom is 0.262 e. The average molecular weight is 331 g/mol. The standard InChI is InChI=1S/C19H17N5O/c1-13-17-18(24(23-13)15-10-6-3-7-11-15)21-16(22-19(17)25)12-20-14-8-4-2-5-9-14/h2-11,20H,12H2,1H3,(H,21,22,25). The fourth-order valence-electron chi connectivity index (χ4n) is 2.81. The second-order valence-corrected chi connectivity index (χ2v) is 5.76. The minimum absolute atomic E-state index is 0.172. The molecule has 6 nitrogen and oxygen atoms in total.